The van der Waals surface area contributed by atoms with Gasteiger partial charge in [-0.15, -0.1) is 11.3 Å². The van der Waals surface area contributed by atoms with Gasteiger partial charge in [0, 0.05) is 12.4 Å². The minimum absolute atomic E-state index is 0.171. The molecule has 3 aromatic rings. The fourth-order valence-corrected chi connectivity index (χ4v) is 2.63. The molecule has 0 bridgehead atoms. The van der Waals surface area contributed by atoms with Gasteiger partial charge < -0.3 is 5.11 Å². The highest BCUT2D eigenvalue weighted by molar-refractivity contribution is 7.17. The summed E-state index contributed by atoms with van der Waals surface area (Å²) in [4.78, 5) is 24.3. The van der Waals surface area contributed by atoms with E-state index in [4.69, 9.17) is 0 Å². The molecule has 0 aromatic carbocycles. The maximum atomic E-state index is 11.4. The molecule has 0 aliphatic carbocycles. The first-order valence-corrected chi connectivity index (χ1v) is 6.64. The van der Waals surface area contributed by atoms with E-state index in [0.29, 0.717) is 22.1 Å². The van der Waals surface area contributed by atoms with Gasteiger partial charge >= 0.3 is 5.97 Å². The molecule has 0 atom stereocenters. The number of aromatic nitrogens is 3. The molecule has 6 heteroatoms. The van der Waals surface area contributed by atoms with Crippen LogP contribution in [0.4, 0.5) is 0 Å². The average Bonchev–Trinajstić information content (AvgIpc) is 2.94. The van der Waals surface area contributed by atoms with Gasteiger partial charge in [0.15, 0.2) is 0 Å². The summed E-state index contributed by atoms with van der Waals surface area (Å²) in [7, 11) is 0. The van der Waals surface area contributed by atoms with E-state index in [1.165, 1.54) is 0 Å². The molecule has 0 saturated heterocycles. The molecule has 0 aliphatic rings. The molecule has 98 valence electrons. The zero-order chi connectivity index (χ0) is 13.9. The number of hydrogen-bond donors (Lipinski definition) is 1. The molecule has 0 saturated carbocycles. The first-order valence-electron chi connectivity index (χ1n) is 5.82. The summed E-state index contributed by atoms with van der Waals surface area (Å²) in [5, 5.41) is 9.88. The summed E-state index contributed by atoms with van der Waals surface area (Å²) in [6.07, 6.45) is 3.26. The highest BCUT2D eigenvalue weighted by Gasteiger charge is 2.20. The number of hydrogen-bond acceptors (Lipinski definition) is 5. The quantitative estimate of drug-likeness (QED) is 0.799. The van der Waals surface area contributed by atoms with Crippen LogP contribution in [-0.2, 0) is 0 Å². The number of carboxylic acids is 1. The topological polar surface area (TPSA) is 76.0 Å². The van der Waals surface area contributed by atoms with Crippen molar-refractivity contribution in [2.75, 3.05) is 0 Å². The maximum absolute atomic E-state index is 11.4. The monoisotopic (exact) mass is 283 g/mol. The van der Waals surface area contributed by atoms with E-state index in [1.807, 2.05) is 6.07 Å². The Morgan fingerprint density at radius 1 is 1.00 bits per heavy atom. The molecule has 3 rings (SSSR count). The van der Waals surface area contributed by atoms with Gasteiger partial charge in [-0.25, -0.2) is 9.78 Å². The third-order valence-electron chi connectivity index (χ3n) is 2.61. The summed E-state index contributed by atoms with van der Waals surface area (Å²) in [5.41, 5.74) is 1.58. The highest BCUT2D eigenvalue weighted by Crippen LogP contribution is 2.31. The Hall–Kier alpha value is -2.60. The van der Waals surface area contributed by atoms with E-state index in [9.17, 15) is 9.90 Å². The predicted octanol–water partition coefficient (Wildman–Crippen LogP) is 2.97. The lowest BCUT2D eigenvalue weighted by Crippen LogP contribution is -1.96. The van der Waals surface area contributed by atoms with Crippen LogP contribution >= 0.6 is 11.3 Å². The molecule has 1 N–H and O–H groups in total. The smallest absolute Gasteiger partial charge is 0.348 e. The lowest BCUT2D eigenvalue weighted by molar-refractivity contribution is 0.0702. The zero-order valence-electron chi connectivity index (χ0n) is 10.2. The fraction of sp³-hybridized carbons (Fsp3) is 0. The van der Waals surface area contributed by atoms with Crippen molar-refractivity contribution in [3.05, 3.63) is 53.7 Å². The second kappa shape index (κ2) is 5.18. The fourth-order valence-electron chi connectivity index (χ4n) is 1.74. The summed E-state index contributed by atoms with van der Waals surface area (Å²) < 4.78 is 0. The second-order valence-corrected chi connectivity index (χ2v) is 4.93. The average molecular weight is 283 g/mol. The Labute approximate surface area is 118 Å². The number of nitrogens with zero attached hydrogens (tertiary/aromatic N) is 3. The van der Waals surface area contributed by atoms with Crippen LogP contribution in [-0.4, -0.2) is 26.0 Å². The van der Waals surface area contributed by atoms with Gasteiger partial charge in [0.2, 0.25) is 0 Å². The summed E-state index contributed by atoms with van der Waals surface area (Å²) in [6, 6.07) is 10.7. The van der Waals surface area contributed by atoms with Crippen molar-refractivity contribution in [2.24, 2.45) is 0 Å². The minimum atomic E-state index is -1.01. The van der Waals surface area contributed by atoms with Crippen LogP contribution < -0.4 is 0 Å². The van der Waals surface area contributed by atoms with Crippen molar-refractivity contribution in [1.29, 1.82) is 0 Å². The van der Waals surface area contributed by atoms with E-state index in [1.54, 1.807) is 42.7 Å². The van der Waals surface area contributed by atoms with Gasteiger partial charge in [0.05, 0.1) is 11.4 Å². The summed E-state index contributed by atoms with van der Waals surface area (Å²) in [5.74, 6) is -1.01. The van der Waals surface area contributed by atoms with Crippen LogP contribution in [0.2, 0.25) is 0 Å². The third kappa shape index (κ3) is 2.28. The normalized spacial score (nSPS) is 10.4. The first kappa shape index (κ1) is 12.4. The Bertz CT molecular complexity index is 742. The number of rotatable bonds is 3. The predicted molar refractivity (Wildman–Crippen MR) is 75.5 cm³/mol. The number of aromatic carboxylic acids is 1. The van der Waals surface area contributed by atoms with Crippen LogP contribution in [0, 0.1) is 0 Å². The summed E-state index contributed by atoms with van der Waals surface area (Å²) >= 11 is 1.10. The second-order valence-electron chi connectivity index (χ2n) is 3.93. The number of thiazole rings is 1. The summed E-state index contributed by atoms with van der Waals surface area (Å²) in [6.45, 7) is 0. The van der Waals surface area contributed by atoms with E-state index >= 15 is 0 Å². The Morgan fingerprint density at radius 2 is 1.65 bits per heavy atom. The van der Waals surface area contributed by atoms with E-state index in [-0.39, 0.29) is 4.88 Å². The van der Waals surface area contributed by atoms with Crippen molar-refractivity contribution in [1.82, 2.24) is 15.0 Å². The zero-order valence-corrected chi connectivity index (χ0v) is 11.0. The number of carboxylic acid groups (broad SMARTS) is 1. The van der Waals surface area contributed by atoms with Crippen LogP contribution in [0.5, 0.6) is 0 Å². The van der Waals surface area contributed by atoms with Gasteiger partial charge in [0.25, 0.3) is 0 Å². The largest absolute Gasteiger partial charge is 0.477 e. The SMILES string of the molecule is O=C(O)c1sc(-c2ccccn2)nc1-c1ccccn1. The molecule has 0 amide bonds. The maximum Gasteiger partial charge on any atom is 0.348 e. The molecule has 0 aliphatic heterocycles. The van der Waals surface area contributed by atoms with Crippen LogP contribution in [0.15, 0.2) is 48.8 Å². The highest BCUT2D eigenvalue weighted by atomic mass is 32.1. The Kier molecular flexibility index (Phi) is 3.22. The first-order chi connectivity index (χ1) is 9.75. The van der Waals surface area contributed by atoms with Crippen LogP contribution in [0.1, 0.15) is 9.67 Å². The van der Waals surface area contributed by atoms with Crippen LogP contribution in [0.25, 0.3) is 22.1 Å². The number of carbonyl (C=O) groups is 1. The molecule has 0 spiro atoms. The third-order valence-corrected chi connectivity index (χ3v) is 3.68. The molecule has 20 heavy (non-hydrogen) atoms. The molecule has 3 aromatic heterocycles. The van der Waals surface area contributed by atoms with E-state index < -0.39 is 5.97 Å². The van der Waals surface area contributed by atoms with E-state index in [2.05, 4.69) is 15.0 Å². The molecular formula is C14H9N3O2S. The van der Waals surface area contributed by atoms with Crippen molar-refractivity contribution in [2.45, 2.75) is 0 Å². The lowest BCUT2D eigenvalue weighted by atomic mass is 10.2. The van der Waals surface area contributed by atoms with Crippen molar-refractivity contribution in [3.63, 3.8) is 0 Å². The molecule has 0 radical (unpaired) electrons. The van der Waals surface area contributed by atoms with Crippen molar-refractivity contribution < 1.29 is 9.90 Å². The van der Waals surface area contributed by atoms with Gasteiger partial charge in [0.1, 0.15) is 15.6 Å². The van der Waals surface area contributed by atoms with Gasteiger partial charge in [-0.2, -0.15) is 0 Å². The van der Waals surface area contributed by atoms with Gasteiger partial charge in [-0.3, -0.25) is 9.97 Å². The molecule has 3 heterocycles. The molecule has 5 nitrogen and oxygen atoms in total. The standard InChI is InChI=1S/C14H9N3O2S/c18-14(19)12-11(9-5-1-3-7-15-9)17-13(20-12)10-6-2-4-8-16-10/h1-8H,(H,18,19). The number of pyridine rings is 2. The Morgan fingerprint density at radius 3 is 2.20 bits per heavy atom. The Balaban J connectivity index is 2.15. The van der Waals surface area contributed by atoms with Crippen molar-refractivity contribution in [3.8, 4) is 22.1 Å². The van der Waals surface area contributed by atoms with Gasteiger partial charge in [-0.1, -0.05) is 12.1 Å². The molecule has 0 fully saturated rings. The van der Waals surface area contributed by atoms with Crippen molar-refractivity contribution >= 4 is 17.3 Å². The van der Waals surface area contributed by atoms with Gasteiger partial charge in [-0.05, 0) is 24.3 Å². The minimum Gasteiger partial charge on any atom is -0.477 e. The lowest BCUT2D eigenvalue weighted by Gasteiger charge is -1.96. The molecular weight excluding hydrogens is 274 g/mol. The van der Waals surface area contributed by atoms with Crippen LogP contribution in [0.3, 0.4) is 0 Å². The van der Waals surface area contributed by atoms with E-state index in [0.717, 1.165) is 11.3 Å². The molecule has 0 unspecified atom stereocenters.